The Bertz CT molecular complexity index is 189. The zero-order valence-corrected chi connectivity index (χ0v) is 11.2. The van der Waals surface area contributed by atoms with E-state index >= 15 is 0 Å². The highest BCUT2D eigenvalue weighted by Crippen LogP contribution is 2.31. The SMILES string of the molecule is CN(C1CCSC1)C(CN)C1CCSC1. The molecule has 0 aromatic carbocycles. The van der Waals surface area contributed by atoms with Crippen molar-refractivity contribution in [2.75, 3.05) is 36.6 Å². The van der Waals surface area contributed by atoms with Gasteiger partial charge in [0.25, 0.3) is 0 Å². The number of nitrogens with zero attached hydrogens (tertiary/aromatic N) is 1. The summed E-state index contributed by atoms with van der Waals surface area (Å²) >= 11 is 4.19. The quantitative estimate of drug-likeness (QED) is 0.814. The molecule has 0 saturated carbocycles. The predicted molar refractivity (Wildman–Crippen MR) is 71.8 cm³/mol. The largest absolute Gasteiger partial charge is 0.329 e. The molecule has 0 aliphatic carbocycles. The topological polar surface area (TPSA) is 29.3 Å². The fourth-order valence-corrected chi connectivity index (χ4v) is 5.27. The van der Waals surface area contributed by atoms with Gasteiger partial charge in [-0.2, -0.15) is 23.5 Å². The normalized spacial score (nSPS) is 33.8. The van der Waals surface area contributed by atoms with E-state index in [-0.39, 0.29) is 0 Å². The first-order valence-electron chi connectivity index (χ1n) is 5.90. The molecule has 2 aliphatic heterocycles. The minimum Gasteiger partial charge on any atom is -0.329 e. The van der Waals surface area contributed by atoms with E-state index in [1.54, 1.807) is 0 Å². The van der Waals surface area contributed by atoms with Gasteiger partial charge >= 0.3 is 0 Å². The van der Waals surface area contributed by atoms with Gasteiger partial charge in [0.2, 0.25) is 0 Å². The minimum absolute atomic E-state index is 0.628. The van der Waals surface area contributed by atoms with Crippen molar-refractivity contribution in [1.82, 2.24) is 4.90 Å². The Balaban J connectivity index is 1.91. The van der Waals surface area contributed by atoms with Gasteiger partial charge in [-0.3, -0.25) is 4.90 Å². The Morgan fingerprint density at radius 2 is 2.00 bits per heavy atom. The van der Waals surface area contributed by atoms with E-state index in [2.05, 4.69) is 35.5 Å². The smallest absolute Gasteiger partial charge is 0.0255 e. The Morgan fingerprint density at radius 3 is 2.53 bits per heavy atom. The average Bonchev–Trinajstić information content (AvgIpc) is 2.91. The van der Waals surface area contributed by atoms with Gasteiger partial charge in [0.1, 0.15) is 0 Å². The standard InChI is InChI=1S/C11H22N2S2/c1-13(10-3-5-15-8-10)11(6-12)9-2-4-14-7-9/h9-11H,2-8,12H2,1H3. The zero-order valence-electron chi connectivity index (χ0n) is 9.52. The van der Waals surface area contributed by atoms with Crippen molar-refractivity contribution in [3.05, 3.63) is 0 Å². The van der Waals surface area contributed by atoms with Crippen molar-refractivity contribution >= 4 is 23.5 Å². The molecule has 2 nitrogen and oxygen atoms in total. The second-order valence-corrected chi connectivity index (χ2v) is 6.91. The van der Waals surface area contributed by atoms with Gasteiger partial charge in [-0.1, -0.05) is 0 Å². The molecule has 2 aliphatic rings. The van der Waals surface area contributed by atoms with Crippen molar-refractivity contribution in [2.24, 2.45) is 11.7 Å². The molecule has 0 aromatic rings. The maximum Gasteiger partial charge on any atom is 0.0255 e. The number of thioether (sulfide) groups is 2. The van der Waals surface area contributed by atoms with Crippen molar-refractivity contribution < 1.29 is 0 Å². The van der Waals surface area contributed by atoms with Gasteiger partial charge in [0.05, 0.1) is 0 Å². The molecule has 0 spiro atoms. The Labute approximate surface area is 102 Å². The molecule has 2 heterocycles. The van der Waals surface area contributed by atoms with Crippen LogP contribution in [0.2, 0.25) is 0 Å². The highest BCUT2D eigenvalue weighted by atomic mass is 32.2. The summed E-state index contributed by atoms with van der Waals surface area (Å²) < 4.78 is 0. The van der Waals surface area contributed by atoms with Crippen LogP contribution in [0.4, 0.5) is 0 Å². The fourth-order valence-electron chi connectivity index (χ4n) is 2.66. The van der Waals surface area contributed by atoms with Crippen molar-refractivity contribution in [3.8, 4) is 0 Å². The average molecular weight is 246 g/mol. The third kappa shape index (κ3) is 2.84. The lowest BCUT2D eigenvalue weighted by molar-refractivity contribution is 0.148. The minimum atomic E-state index is 0.628. The lowest BCUT2D eigenvalue weighted by Crippen LogP contribution is -2.48. The molecule has 15 heavy (non-hydrogen) atoms. The second-order valence-electron chi connectivity index (χ2n) is 4.61. The van der Waals surface area contributed by atoms with Crippen LogP contribution in [0.5, 0.6) is 0 Å². The fraction of sp³-hybridized carbons (Fsp3) is 1.00. The molecule has 3 unspecified atom stereocenters. The van der Waals surface area contributed by atoms with Crippen LogP contribution in [0.1, 0.15) is 12.8 Å². The van der Waals surface area contributed by atoms with Crippen LogP contribution in [0.15, 0.2) is 0 Å². The van der Waals surface area contributed by atoms with Gasteiger partial charge in [-0.05, 0) is 43.1 Å². The summed E-state index contributed by atoms with van der Waals surface area (Å²) in [6.07, 6.45) is 2.73. The van der Waals surface area contributed by atoms with Gasteiger partial charge in [-0.15, -0.1) is 0 Å². The van der Waals surface area contributed by atoms with Crippen molar-refractivity contribution in [3.63, 3.8) is 0 Å². The van der Waals surface area contributed by atoms with E-state index in [0.717, 1.165) is 18.5 Å². The molecule has 0 radical (unpaired) electrons. The summed E-state index contributed by atoms with van der Waals surface area (Å²) in [5, 5.41) is 0. The summed E-state index contributed by atoms with van der Waals surface area (Å²) in [7, 11) is 2.29. The van der Waals surface area contributed by atoms with Crippen LogP contribution < -0.4 is 5.73 Å². The molecule has 4 heteroatoms. The summed E-state index contributed by atoms with van der Waals surface area (Å²) in [6.45, 7) is 0.836. The van der Waals surface area contributed by atoms with E-state index in [4.69, 9.17) is 5.73 Å². The van der Waals surface area contributed by atoms with E-state index in [9.17, 15) is 0 Å². The molecule has 0 amide bonds. The van der Waals surface area contributed by atoms with Gasteiger partial charge < -0.3 is 5.73 Å². The van der Waals surface area contributed by atoms with Crippen molar-refractivity contribution in [2.45, 2.75) is 24.9 Å². The monoisotopic (exact) mass is 246 g/mol. The summed E-state index contributed by atoms with van der Waals surface area (Å²) in [5.74, 6) is 6.16. The third-order valence-electron chi connectivity index (χ3n) is 3.76. The lowest BCUT2D eigenvalue weighted by Gasteiger charge is -2.35. The number of hydrogen-bond acceptors (Lipinski definition) is 4. The van der Waals surface area contributed by atoms with Crippen LogP contribution in [0, 0.1) is 5.92 Å². The first-order chi connectivity index (χ1) is 7.33. The van der Waals surface area contributed by atoms with E-state index < -0.39 is 0 Å². The molecule has 3 atom stereocenters. The molecule has 0 aromatic heterocycles. The molecular formula is C11H22N2S2. The maximum absolute atomic E-state index is 5.96. The highest BCUT2D eigenvalue weighted by molar-refractivity contribution is 7.99. The predicted octanol–water partition coefficient (Wildman–Crippen LogP) is 1.50. The maximum atomic E-state index is 5.96. The molecule has 2 N–H and O–H groups in total. The molecule has 2 fully saturated rings. The number of rotatable bonds is 4. The molecule has 0 bridgehead atoms. The molecule has 88 valence electrons. The van der Waals surface area contributed by atoms with E-state index in [0.29, 0.717) is 6.04 Å². The van der Waals surface area contributed by atoms with Gasteiger partial charge in [0, 0.05) is 24.4 Å². The number of hydrogen-bond donors (Lipinski definition) is 1. The number of nitrogens with two attached hydrogens (primary N) is 1. The molecular weight excluding hydrogens is 224 g/mol. The van der Waals surface area contributed by atoms with Crippen LogP contribution >= 0.6 is 23.5 Å². The van der Waals surface area contributed by atoms with Crippen LogP contribution in [0.25, 0.3) is 0 Å². The van der Waals surface area contributed by atoms with Crippen LogP contribution in [0.3, 0.4) is 0 Å². The molecule has 2 rings (SSSR count). The van der Waals surface area contributed by atoms with E-state index in [1.165, 1.54) is 35.9 Å². The van der Waals surface area contributed by atoms with Gasteiger partial charge in [0.15, 0.2) is 0 Å². The summed E-state index contributed by atoms with van der Waals surface area (Å²) in [5.41, 5.74) is 5.96. The highest BCUT2D eigenvalue weighted by Gasteiger charge is 2.32. The summed E-state index contributed by atoms with van der Waals surface area (Å²) in [4.78, 5) is 2.58. The van der Waals surface area contributed by atoms with Crippen LogP contribution in [-0.2, 0) is 0 Å². The molecule has 2 saturated heterocycles. The first-order valence-corrected chi connectivity index (χ1v) is 8.21. The Hall–Kier alpha value is 0.620. The zero-order chi connectivity index (χ0) is 10.7. The number of likely N-dealkylation sites (N-methyl/N-ethyl adjacent to an activating group) is 1. The van der Waals surface area contributed by atoms with Crippen LogP contribution in [-0.4, -0.2) is 53.6 Å². The third-order valence-corrected chi connectivity index (χ3v) is 6.09. The lowest BCUT2D eigenvalue weighted by atomic mass is 9.96. The Kier molecular flexibility index (Phi) is 4.68. The van der Waals surface area contributed by atoms with E-state index in [1.807, 2.05) is 0 Å². The summed E-state index contributed by atoms with van der Waals surface area (Å²) in [6, 6.07) is 1.41. The second kappa shape index (κ2) is 5.80. The first kappa shape index (κ1) is 12.1. The van der Waals surface area contributed by atoms with Crippen molar-refractivity contribution in [1.29, 1.82) is 0 Å². The van der Waals surface area contributed by atoms with Gasteiger partial charge in [-0.25, -0.2) is 0 Å². The Morgan fingerprint density at radius 1 is 1.27 bits per heavy atom.